The quantitative estimate of drug-likeness (QED) is 0.474. The Morgan fingerprint density at radius 1 is 1.23 bits per heavy atom. The molecule has 1 fully saturated rings. The monoisotopic (exact) mass is 417 g/mol. The van der Waals surface area contributed by atoms with Crippen LogP contribution in [0.5, 0.6) is 0 Å². The first-order valence-corrected chi connectivity index (χ1v) is 11.0. The van der Waals surface area contributed by atoms with Crippen LogP contribution >= 0.6 is 0 Å². The SMILES string of the molecule is CC1=C[C@@H]2/C=C(\C)CC[C@H](O)[C@H](O)/C=C/C(=O)O[C@]23C(=O)N[C@H](CC(C)C)[C@H]3[C@H]1C. The maximum Gasteiger partial charge on any atom is 0.331 e. The molecule has 3 N–H and O–H groups in total. The van der Waals surface area contributed by atoms with Gasteiger partial charge in [-0.25, -0.2) is 4.79 Å². The van der Waals surface area contributed by atoms with Crippen molar-refractivity contribution in [2.75, 3.05) is 0 Å². The number of rotatable bonds is 2. The minimum Gasteiger partial charge on any atom is -0.444 e. The Morgan fingerprint density at radius 3 is 2.60 bits per heavy atom. The van der Waals surface area contributed by atoms with Crippen molar-refractivity contribution in [3.05, 3.63) is 35.5 Å². The third-order valence-corrected chi connectivity index (χ3v) is 6.91. The summed E-state index contributed by atoms with van der Waals surface area (Å²) in [5.74, 6) is -1.02. The van der Waals surface area contributed by atoms with Gasteiger partial charge in [0.1, 0.15) is 0 Å². The van der Waals surface area contributed by atoms with Crippen LogP contribution in [0.15, 0.2) is 35.5 Å². The summed E-state index contributed by atoms with van der Waals surface area (Å²) >= 11 is 0. The molecule has 0 bridgehead atoms. The summed E-state index contributed by atoms with van der Waals surface area (Å²) in [5, 5.41) is 23.4. The van der Waals surface area contributed by atoms with Crippen molar-refractivity contribution in [3.63, 3.8) is 0 Å². The molecule has 0 saturated carbocycles. The van der Waals surface area contributed by atoms with E-state index in [1.165, 1.54) is 11.6 Å². The number of amides is 1. The highest BCUT2D eigenvalue weighted by Gasteiger charge is 2.64. The van der Waals surface area contributed by atoms with Crippen LogP contribution in [0.1, 0.15) is 53.9 Å². The topological polar surface area (TPSA) is 95.9 Å². The molecule has 166 valence electrons. The van der Waals surface area contributed by atoms with E-state index in [0.717, 1.165) is 18.1 Å². The van der Waals surface area contributed by atoms with Gasteiger partial charge in [-0.1, -0.05) is 44.1 Å². The molecule has 1 saturated heterocycles. The molecule has 3 aliphatic rings. The lowest BCUT2D eigenvalue weighted by Crippen LogP contribution is -2.56. The summed E-state index contributed by atoms with van der Waals surface area (Å²) in [5.41, 5.74) is 0.858. The first-order valence-electron chi connectivity index (χ1n) is 11.0. The number of esters is 1. The lowest BCUT2D eigenvalue weighted by atomic mass is 9.63. The van der Waals surface area contributed by atoms with Gasteiger partial charge in [-0.15, -0.1) is 0 Å². The summed E-state index contributed by atoms with van der Waals surface area (Å²) in [7, 11) is 0. The van der Waals surface area contributed by atoms with E-state index in [9.17, 15) is 19.8 Å². The van der Waals surface area contributed by atoms with Crippen molar-refractivity contribution in [3.8, 4) is 0 Å². The normalized spacial score (nSPS) is 42.5. The van der Waals surface area contributed by atoms with E-state index in [0.29, 0.717) is 18.8 Å². The molecule has 7 atom stereocenters. The van der Waals surface area contributed by atoms with Crippen LogP contribution in [0.4, 0.5) is 0 Å². The Labute approximate surface area is 179 Å². The zero-order valence-corrected chi connectivity index (χ0v) is 18.6. The second-order valence-electron chi connectivity index (χ2n) is 9.64. The number of ether oxygens (including phenoxy) is 1. The molecule has 6 heteroatoms. The van der Waals surface area contributed by atoms with Crippen LogP contribution in [-0.4, -0.2) is 45.9 Å². The summed E-state index contributed by atoms with van der Waals surface area (Å²) in [6, 6.07) is -0.0792. The highest BCUT2D eigenvalue weighted by Crippen LogP contribution is 2.50. The fourth-order valence-electron chi connectivity index (χ4n) is 5.27. The van der Waals surface area contributed by atoms with E-state index in [4.69, 9.17) is 4.74 Å². The summed E-state index contributed by atoms with van der Waals surface area (Å²) in [6.45, 7) is 10.4. The summed E-state index contributed by atoms with van der Waals surface area (Å²) < 4.78 is 5.99. The maximum atomic E-state index is 13.4. The molecule has 1 spiro atoms. The summed E-state index contributed by atoms with van der Waals surface area (Å²) in [6.07, 6.45) is 6.06. The predicted octanol–water partition coefficient (Wildman–Crippen LogP) is 2.66. The third kappa shape index (κ3) is 4.12. The minimum atomic E-state index is -1.32. The van der Waals surface area contributed by atoms with Crippen molar-refractivity contribution < 1.29 is 24.5 Å². The van der Waals surface area contributed by atoms with Crippen molar-refractivity contribution in [2.24, 2.45) is 23.7 Å². The lowest BCUT2D eigenvalue weighted by Gasteiger charge is -2.45. The fraction of sp³-hybridized carbons (Fsp3) is 0.667. The molecule has 6 nitrogen and oxygen atoms in total. The highest BCUT2D eigenvalue weighted by atomic mass is 16.6. The first kappa shape index (κ1) is 22.8. The number of aliphatic hydroxyl groups excluding tert-OH is 2. The van der Waals surface area contributed by atoms with Crippen LogP contribution in [0.25, 0.3) is 0 Å². The average Bonchev–Trinajstić information content (AvgIpc) is 2.93. The highest BCUT2D eigenvalue weighted by molar-refractivity contribution is 5.94. The number of allylic oxidation sites excluding steroid dienone is 2. The number of carbonyl (C=O) groups excluding carboxylic acids is 2. The van der Waals surface area contributed by atoms with Gasteiger partial charge in [-0.3, -0.25) is 4.79 Å². The number of nitrogens with one attached hydrogen (secondary N) is 1. The van der Waals surface area contributed by atoms with Crippen LogP contribution in [-0.2, 0) is 14.3 Å². The smallest absolute Gasteiger partial charge is 0.331 e. The third-order valence-electron chi connectivity index (χ3n) is 6.91. The van der Waals surface area contributed by atoms with Gasteiger partial charge in [-0.05, 0) is 51.0 Å². The maximum absolute atomic E-state index is 13.4. The molecular weight excluding hydrogens is 382 g/mol. The lowest BCUT2D eigenvalue weighted by molar-refractivity contribution is -0.172. The molecular formula is C24H35NO5. The Balaban J connectivity index is 2.13. The van der Waals surface area contributed by atoms with E-state index < -0.39 is 23.8 Å². The zero-order valence-electron chi connectivity index (χ0n) is 18.6. The Kier molecular flexibility index (Phi) is 6.58. The number of hydrogen-bond acceptors (Lipinski definition) is 5. The van der Waals surface area contributed by atoms with Gasteiger partial charge in [-0.2, -0.15) is 0 Å². The average molecular weight is 418 g/mol. The van der Waals surface area contributed by atoms with Crippen molar-refractivity contribution in [1.29, 1.82) is 0 Å². The van der Waals surface area contributed by atoms with Crippen molar-refractivity contribution in [2.45, 2.75) is 77.7 Å². The summed E-state index contributed by atoms with van der Waals surface area (Å²) in [4.78, 5) is 26.2. The minimum absolute atomic E-state index is 0.0785. The van der Waals surface area contributed by atoms with Crippen molar-refractivity contribution >= 4 is 11.9 Å². The standard InChI is InChI=1S/C24H35NO5/c1-13(2)10-18-22-16(5)15(4)12-17-11-14(3)6-7-19(26)20(27)8-9-21(28)30-24(17,22)23(29)25-18/h8-9,11-13,16-20,22,26-27H,6-7,10H2,1-5H3,(H,25,29)/b9-8+,14-11+/t16-,17-,18+,19-,20+,22+,24+/m0/s1. The zero-order chi connectivity index (χ0) is 22.2. The van der Waals surface area contributed by atoms with Gasteiger partial charge in [0.15, 0.2) is 0 Å². The number of hydrogen-bond donors (Lipinski definition) is 3. The molecule has 0 radical (unpaired) electrons. The Hall–Kier alpha value is -1.92. The van der Waals surface area contributed by atoms with E-state index in [-0.39, 0.29) is 29.7 Å². The van der Waals surface area contributed by atoms with Crippen molar-refractivity contribution in [1.82, 2.24) is 5.32 Å². The Morgan fingerprint density at radius 2 is 1.93 bits per heavy atom. The van der Waals surface area contributed by atoms with Gasteiger partial charge in [0.2, 0.25) is 5.60 Å². The molecule has 2 heterocycles. The van der Waals surface area contributed by atoms with Crippen LogP contribution in [0.2, 0.25) is 0 Å². The van der Waals surface area contributed by atoms with Gasteiger partial charge < -0.3 is 20.3 Å². The molecule has 30 heavy (non-hydrogen) atoms. The molecule has 1 aliphatic carbocycles. The second kappa shape index (κ2) is 8.67. The van der Waals surface area contributed by atoms with E-state index in [2.05, 4.69) is 39.1 Å². The molecule has 0 aromatic carbocycles. The second-order valence-corrected chi connectivity index (χ2v) is 9.64. The van der Waals surface area contributed by atoms with Gasteiger partial charge in [0.25, 0.3) is 5.91 Å². The van der Waals surface area contributed by atoms with Gasteiger partial charge in [0, 0.05) is 24.0 Å². The Bertz CT molecular complexity index is 782. The van der Waals surface area contributed by atoms with Gasteiger partial charge in [0.05, 0.1) is 12.2 Å². The van der Waals surface area contributed by atoms with Crippen LogP contribution in [0, 0.1) is 23.7 Å². The molecule has 3 rings (SSSR count). The largest absolute Gasteiger partial charge is 0.444 e. The van der Waals surface area contributed by atoms with E-state index in [1.54, 1.807) is 0 Å². The molecule has 1 amide bonds. The number of aliphatic hydroxyl groups is 2. The predicted molar refractivity (Wildman–Crippen MR) is 114 cm³/mol. The molecule has 0 aromatic heterocycles. The van der Waals surface area contributed by atoms with E-state index >= 15 is 0 Å². The fourth-order valence-corrected chi connectivity index (χ4v) is 5.27. The first-order chi connectivity index (χ1) is 14.1. The van der Waals surface area contributed by atoms with Crippen LogP contribution in [0.3, 0.4) is 0 Å². The van der Waals surface area contributed by atoms with E-state index in [1.807, 2.05) is 13.0 Å². The number of carbonyl (C=O) groups is 2. The van der Waals surface area contributed by atoms with Gasteiger partial charge >= 0.3 is 5.97 Å². The molecule has 0 aromatic rings. The van der Waals surface area contributed by atoms with Crippen LogP contribution < -0.4 is 5.32 Å². The molecule has 2 aliphatic heterocycles. The molecule has 0 unspecified atom stereocenters.